The van der Waals surface area contributed by atoms with E-state index in [1.165, 1.54) is 0 Å². The van der Waals surface area contributed by atoms with Crippen molar-refractivity contribution < 1.29 is 23.8 Å². The molecule has 1 atom stereocenters. The number of rotatable bonds is 3. The molecule has 2 aliphatic rings. The average molecular weight is 508 g/mol. The highest BCUT2D eigenvalue weighted by atomic mass is 16.6. The van der Waals surface area contributed by atoms with Gasteiger partial charge in [0, 0.05) is 30.5 Å². The zero-order valence-corrected chi connectivity index (χ0v) is 21.7. The molecule has 2 aliphatic heterocycles. The fraction of sp³-hybridized carbons (Fsp3) is 0.481. The number of likely N-dealkylation sites (tertiary alicyclic amines) is 1. The van der Waals surface area contributed by atoms with Crippen molar-refractivity contribution in [1.29, 1.82) is 0 Å². The third kappa shape index (κ3) is 5.33. The van der Waals surface area contributed by atoms with Crippen molar-refractivity contribution in [1.82, 2.24) is 19.4 Å². The highest BCUT2D eigenvalue weighted by molar-refractivity contribution is 6.04. The topological polar surface area (TPSA) is 108 Å². The van der Waals surface area contributed by atoms with E-state index in [0.29, 0.717) is 54.8 Å². The number of ether oxygens (including phenoxy) is 3. The number of carbonyl (C=O) groups excluding carboxylic acids is 2. The highest BCUT2D eigenvalue weighted by Crippen LogP contribution is 2.41. The van der Waals surface area contributed by atoms with Gasteiger partial charge in [-0.15, -0.1) is 0 Å². The molecule has 1 saturated heterocycles. The van der Waals surface area contributed by atoms with Crippen LogP contribution in [0.25, 0.3) is 11.0 Å². The summed E-state index contributed by atoms with van der Waals surface area (Å²) >= 11 is 0. The molecule has 37 heavy (non-hydrogen) atoms. The molecule has 0 bridgehead atoms. The Bertz CT molecular complexity index is 1330. The molecule has 0 spiro atoms. The van der Waals surface area contributed by atoms with Crippen LogP contribution in [0.3, 0.4) is 0 Å². The number of fused-ring (bicyclic) bond motifs is 3. The highest BCUT2D eigenvalue weighted by Gasteiger charge is 2.32. The van der Waals surface area contributed by atoms with E-state index in [4.69, 9.17) is 19.2 Å². The number of anilines is 1. The van der Waals surface area contributed by atoms with Crippen LogP contribution < -0.4 is 14.8 Å². The summed E-state index contributed by atoms with van der Waals surface area (Å²) in [5.41, 5.74) is 2.07. The summed E-state index contributed by atoms with van der Waals surface area (Å²) in [6.07, 6.45) is 3.83. The maximum Gasteiger partial charge on any atom is 0.410 e. The Morgan fingerprint density at radius 2 is 1.95 bits per heavy atom. The number of carbonyl (C=O) groups is 2. The third-order valence-electron chi connectivity index (χ3n) is 6.40. The van der Waals surface area contributed by atoms with Gasteiger partial charge in [-0.05, 0) is 71.2 Å². The van der Waals surface area contributed by atoms with Gasteiger partial charge < -0.3 is 23.7 Å². The molecule has 5 rings (SSSR count). The molecular formula is C27H33N5O5. The molecule has 10 nitrogen and oxygen atoms in total. The molecule has 2 aromatic heterocycles. The maximum absolute atomic E-state index is 13.2. The second-order valence-electron chi connectivity index (χ2n) is 10.5. The van der Waals surface area contributed by atoms with E-state index < -0.39 is 5.60 Å². The van der Waals surface area contributed by atoms with Gasteiger partial charge in [0.1, 0.15) is 24.3 Å². The van der Waals surface area contributed by atoms with Gasteiger partial charge in [-0.1, -0.05) is 0 Å². The number of benzene rings is 1. The molecular weight excluding hydrogens is 474 g/mol. The smallest absolute Gasteiger partial charge is 0.410 e. The number of nitrogens with zero attached hydrogens (tertiary/aromatic N) is 4. The molecule has 10 heteroatoms. The lowest BCUT2D eigenvalue weighted by molar-refractivity contribution is 0.0238. The lowest BCUT2D eigenvalue weighted by Crippen LogP contribution is -2.39. The molecule has 1 aromatic carbocycles. The van der Waals surface area contributed by atoms with Crippen molar-refractivity contribution in [2.75, 3.05) is 31.6 Å². The summed E-state index contributed by atoms with van der Waals surface area (Å²) in [6.45, 7) is 9.34. The van der Waals surface area contributed by atoms with Crippen LogP contribution in [0, 0.1) is 6.92 Å². The van der Waals surface area contributed by atoms with E-state index in [1.54, 1.807) is 23.2 Å². The zero-order chi connectivity index (χ0) is 26.2. The van der Waals surface area contributed by atoms with Gasteiger partial charge in [-0.25, -0.2) is 9.78 Å². The lowest BCUT2D eigenvalue weighted by Gasteiger charge is -2.30. The second-order valence-corrected chi connectivity index (χ2v) is 10.5. The van der Waals surface area contributed by atoms with Gasteiger partial charge in [0.15, 0.2) is 11.5 Å². The van der Waals surface area contributed by atoms with Crippen LogP contribution in [0.1, 0.15) is 62.1 Å². The molecule has 4 heterocycles. The molecule has 0 saturated carbocycles. The normalized spacial score (nSPS) is 17.8. The minimum Gasteiger partial charge on any atom is -0.486 e. The first-order chi connectivity index (χ1) is 17.7. The lowest BCUT2D eigenvalue weighted by atomic mass is 10.1. The van der Waals surface area contributed by atoms with Gasteiger partial charge in [0.05, 0.1) is 11.6 Å². The Morgan fingerprint density at radius 1 is 1.14 bits per heavy atom. The van der Waals surface area contributed by atoms with Crippen LogP contribution >= 0.6 is 0 Å². The van der Waals surface area contributed by atoms with Crippen molar-refractivity contribution in [2.45, 2.75) is 58.6 Å². The van der Waals surface area contributed by atoms with Gasteiger partial charge in [0.2, 0.25) is 5.95 Å². The number of pyridine rings is 1. The van der Waals surface area contributed by atoms with Crippen LogP contribution in [0.5, 0.6) is 11.5 Å². The Labute approximate surface area is 215 Å². The summed E-state index contributed by atoms with van der Waals surface area (Å²) < 4.78 is 19.6. The Kier molecular flexibility index (Phi) is 6.66. The van der Waals surface area contributed by atoms with E-state index in [1.807, 2.05) is 44.4 Å². The first kappa shape index (κ1) is 24.9. The number of aromatic nitrogens is 3. The predicted octanol–water partition coefficient (Wildman–Crippen LogP) is 4.73. The Balaban J connectivity index is 1.57. The van der Waals surface area contributed by atoms with E-state index in [9.17, 15) is 9.59 Å². The predicted molar refractivity (Wildman–Crippen MR) is 138 cm³/mol. The third-order valence-corrected chi connectivity index (χ3v) is 6.40. The van der Waals surface area contributed by atoms with Crippen molar-refractivity contribution in [3.63, 3.8) is 0 Å². The van der Waals surface area contributed by atoms with Crippen LogP contribution in [0.2, 0.25) is 0 Å². The molecule has 3 aromatic rings. The number of imidazole rings is 1. The molecule has 1 N–H and O–H groups in total. The van der Waals surface area contributed by atoms with E-state index in [2.05, 4.69) is 10.3 Å². The number of amides is 2. The van der Waals surface area contributed by atoms with Crippen molar-refractivity contribution in [3.05, 3.63) is 41.7 Å². The van der Waals surface area contributed by atoms with Gasteiger partial charge in [0.25, 0.3) is 5.91 Å². The molecule has 0 radical (unpaired) electrons. The fourth-order valence-electron chi connectivity index (χ4n) is 4.81. The van der Waals surface area contributed by atoms with E-state index >= 15 is 0 Å². The average Bonchev–Trinajstić information content (AvgIpc) is 3.03. The second kappa shape index (κ2) is 9.91. The summed E-state index contributed by atoms with van der Waals surface area (Å²) in [6, 6.07) is 6.95. The van der Waals surface area contributed by atoms with Gasteiger partial charge in [-0.2, -0.15) is 0 Å². The largest absolute Gasteiger partial charge is 0.486 e. The fourth-order valence-corrected chi connectivity index (χ4v) is 4.81. The van der Waals surface area contributed by atoms with Gasteiger partial charge >= 0.3 is 6.09 Å². The molecule has 1 fully saturated rings. The number of aryl methyl sites for hydroxylation is 1. The van der Waals surface area contributed by atoms with Crippen LogP contribution in [-0.2, 0) is 4.74 Å². The number of hydrogen-bond acceptors (Lipinski definition) is 7. The standard InChI is InChI=1S/C27H33N5O5/c1-17-15-18(10-11-28-17)24(33)30-25-29-20-8-9-21-23(36-14-13-35-21)22(20)32(25)19-7-5-6-12-31(16-19)26(34)37-27(2,3)4/h8-11,15,19H,5-7,12-14,16H2,1-4H3,(H,29,30,33)/t19-/m1/s1. The molecule has 0 aliphatic carbocycles. The van der Waals surface area contributed by atoms with Crippen molar-refractivity contribution in [3.8, 4) is 11.5 Å². The number of hydrogen-bond donors (Lipinski definition) is 1. The Hall–Kier alpha value is -3.82. The molecule has 2 amide bonds. The van der Waals surface area contributed by atoms with Crippen LogP contribution in [0.4, 0.5) is 10.7 Å². The monoisotopic (exact) mass is 507 g/mol. The summed E-state index contributed by atoms with van der Waals surface area (Å²) in [5, 5.41) is 3.00. The minimum atomic E-state index is -0.591. The quantitative estimate of drug-likeness (QED) is 0.546. The molecule has 196 valence electrons. The maximum atomic E-state index is 13.2. The zero-order valence-electron chi connectivity index (χ0n) is 21.7. The van der Waals surface area contributed by atoms with E-state index in [-0.39, 0.29) is 18.0 Å². The summed E-state index contributed by atoms with van der Waals surface area (Å²) in [5.74, 6) is 1.35. The van der Waals surface area contributed by atoms with Gasteiger partial charge in [-0.3, -0.25) is 15.1 Å². The van der Waals surface area contributed by atoms with Crippen molar-refractivity contribution in [2.24, 2.45) is 0 Å². The van der Waals surface area contributed by atoms with E-state index in [0.717, 1.165) is 30.5 Å². The van der Waals surface area contributed by atoms with Crippen molar-refractivity contribution >= 4 is 29.0 Å². The molecule has 0 unspecified atom stereocenters. The Morgan fingerprint density at radius 3 is 2.73 bits per heavy atom. The van der Waals surface area contributed by atoms with Crippen LogP contribution in [-0.4, -0.2) is 63.3 Å². The minimum absolute atomic E-state index is 0.161. The van der Waals surface area contributed by atoms with Crippen LogP contribution in [0.15, 0.2) is 30.5 Å². The first-order valence-electron chi connectivity index (χ1n) is 12.7. The summed E-state index contributed by atoms with van der Waals surface area (Å²) in [7, 11) is 0. The number of nitrogens with one attached hydrogen (secondary N) is 1. The summed E-state index contributed by atoms with van der Waals surface area (Å²) in [4.78, 5) is 37.0. The first-order valence-corrected chi connectivity index (χ1v) is 12.7. The SMILES string of the molecule is Cc1cc(C(=O)Nc2nc3ccc4c(c3n2[C@@H]2CCCCN(C(=O)OC(C)(C)C)C2)OCCO4)ccn1.